The smallest absolute Gasteiger partial charge is 0.340 e. The number of esters is 1. The lowest BCUT2D eigenvalue weighted by atomic mass is 10.0. The maximum absolute atomic E-state index is 12.8. The number of hydroxylamine groups is 1. The van der Waals surface area contributed by atoms with Gasteiger partial charge in [-0.2, -0.15) is 0 Å². The molecule has 1 aromatic heterocycles. The van der Waals surface area contributed by atoms with Gasteiger partial charge in [-0.1, -0.05) is 46.4 Å². The van der Waals surface area contributed by atoms with Gasteiger partial charge in [0.15, 0.2) is 0 Å². The van der Waals surface area contributed by atoms with Crippen LogP contribution in [0.1, 0.15) is 15.9 Å². The van der Waals surface area contributed by atoms with Crippen molar-refractivity contribution in [2.45, 2.75) is 11.5 Å². The summed E-state index contributed by atoms with van der Waals surface area (Å²) in [4.78, 5) is 29.4. The van der Waals surface area contributed by atoms with Crippen molar-refractivity contribution in [3.8, 4) is 0 Å². The van der Waals surface area contributed by atoms with E-state index in [9.17, 15) is 18.0 Å². The maximum Gasteiger partial charge on any atom is 0.340 e. The van der Waals surface area contributed by atoms with Crippen molar-refractivity contribution in [3.05, 3.63) is 87.2 Å². The normalized spacial score (nSPS) is 11.9. The summed E-state index contributed by atoms with van der Waals surface area (Å²) in [6, 6.07) is 16.0. The zero-order valence-corrected chi connectivity index (χ0v) is 19.1. The number of hydrogen-bond donors (Lipinski definition) is 0. The Morgan fingerprint density at radius 1 is 1.09 bits per heavy atom. The van der Waals surface area contributed by atoms with Gasteiger partial charge in [0.2, 0.25) is 0 Å². The molecule has 0 saturated carbocycles. The van der Waals surface area contributed by atoms with Gasteiger partial charge in [0, 0.05) is 24.1 Å². The number of ether oxygens (including phenoxy) is 1. The summed E-state index contributed by atoms with van der Waals surface area (Å²) in [7, 11) is -1.57. The highest BCUT2D eigenvalue weighted by Crippen LogP contribution is 2.29. The van der Waals surface area contributed by atoms with Gasteiger partial charge in [0.05, 0.1) is 22.6 Å². The molecular weight excluding hydrogens is 470 g/mol. The quantitative estimate of drug-likeness (QED) is 0.174. The number of carbonyl (C=O) groups excluding carboxylic acids is 1. The van der Waals surface area contributed by atoms with Crippen LogP contribution in [0.3, 0.4) is 0 Å². The number of nitrogens with zero attached hydrogens (tertiary/aromatic N) is 1. The summed E-state index contributed by atoms with van der Waals surface area (Å²) in [5.74, 6) is -0.848. The Labute approximate surface area is 193 Å². The second-order valence-electron chi connectivity index (χ2n) is 7.07. The number of sulfonamides is 1. The fourth-order valence-corrected chi connectivity index (χ4v) is 4.62. The lowest BCUT2D eigenvalue weighted by molar-refractivity contribution is -0.0258. The molecule has 4 aromatic rings. The monoisotopic (exact) mass is 487 g/mol. The van der Waals surface area contributed by atoms with Crippen LogP contribution in [-0.2, 0) is 26.2 Å². The largest absolute Gasteiger partial charge is 0.457 e. The highest BCUT2D eigenvalue weighted by Gasteiger charge is 2.24. The molecule has 4 rings (SSSR count). The average Bonchev–Trinajstić information content (AvgIpc) is 2.81. The molecule has 0 saturated heterocycles. The van der Waals surface area contributed by atoms with Crippen molar-refractivity contribution >= 4 is 49.3 Å². The Morgan fingerprint density at radius 3 is 2.61 bits per heavy atom. The second-order valence-corrected chi connectivity index (χ2v) is 9.41. The Balaban J connectivity index is 1.70. The minimum Gasteiger partial charge on any atom is -0.457 e. The molecule has 0 bridgehead atoms. The number of benzene rings is 3. The third-order valence-electron chi connectivity index (χ3n) is 5.12. The van der Waals surface area contributed by atoms with Crippen LogP contribution in [0.4, 0.5) is 0 Å². The second kappa shape index (κ2) is 8.95. The van der Waals surface area contributed by atoms with E-state index in [0.29, 0.717) is 21.0 Å². The predicted octanol–water partition coefficient (Wildman–Crippen LogP) is 4.14. The van der Waals surface area contributed by atoms with Crippen molar-refractivity contribution in [2.24, 2.45) is 0 Å². The minimum atomic E-state index is -4.00. The molecule has 0 N–H and O–H groups in total. The lowest BCUT2D eigenvalue weighted by Gasteiger charge is -2.15. The zero-order chi connectivity index (χ0) is 23.8. The summed E-state index contributed by atoms with van der Waals surface area (Å²) in [5, 5.41) is 2.42. The Kier molecular flexibility index (Phi) is 6.22. The van der Waals surface area contributed by atoms with Crippen LogP contribution in [0.25, 0.3) is 21.7 Å². The molecule has 0 atom stereocenters. The van der Waals surface area contributed by atoms with Gasteiger partial charge < -0.3 is 9.15 Å². The van der Waals surface area contributed by atoms with Crippen molar-refractivity contribution in [1.29, 1.82) is 0 Å². The third kappa shape index (κ3) is 4.36. The Morgan fingerprint density at radius 2 is 1.85 bits per heavy atom. The van der Waals surface area contributed by atoms with Gasteiger partial charge in [-0.25, -0.2) is 18.0 Å². The number of fused-ring (bicyclic) bond motifs is 3. The number of hydrogen-bond acceptors (Lipinski definition) is 7. The van der Waals surface area contributed by atoms with E-state index in [0.717, 1.165) is 16.8 Å². The van der Waals surface area contributed by atoms with Gasteiger partial charge in [0.25, 0.3) is 10.0 Å². The fourth-order valence-electron chi connectivity index (χ4n) is 3.42. The number of rotatable bonds is 6. The zero-order valence-electron chi connectivity index (χ0n) is 17.6. The predicted molar refractivity (Wildman–Crippen MR) is 123 cm³/mol. The first kappa shape index (κ1) is 22.9. The molecule has 0 amide bonds. The standard InChI is InChI=1S/C23H18ClNO7S/c1-25(30-2)33(28,29)16-8-9-19(24)18(12-16)23(27)31-13-15-11-21(26)32-20-10-7-14-5-3-4-6-17(14)22(15)20/h3-12H,13H2,1-2H3. The third-order valence-corrected chi connectivity index (χ3v) is 7.13. The summed E-state index contributed by atoms with van der Waals surface area (Å²) in [6.45, 7) is -0.250. The van der Waals surface area contributed by atoms with Gasteiger partial charge in [-0.15, -0.1) is 0 Å². The van der Waals surface area contributed by atoms with Crippen molar-refractivity contribution < 1.29 is 27.2 Å². The van der Waals surface area contributed by atoms with E-state index in [-0.39, 0.29) is 22.1 Å². The molecule has 3 aromatic carbocycles. The number of carbonyl (C=O) groups is 1. The van der Waals surface area contributed by atoms with Crippen LogP contribution in [0.15, 0.2) is 74.8 Å². The van der Waals surface area contributed by atoms with Crippen molar-refractivity contribution in [2.75, 3.05) is 14.2 Å². The van der Waals surface area contributed by atoms with Crippen LogP contribution < -0.4 is 5.63 Å². The molecule has 0 fully saturated rings. The molecule has 170 valence electrons. The SMILES string of the molecule is CON(C)S(=O)(=O)c1ccc(Cl)c(C(=O)OCc2cc(=O)oc3ccc4ccccc4c23)c1. The van der Waals surface area contributed by atoms with Crippen LogP contribution in [0, 0.1) is 0 Å². The van der Waals surface area contributed by atoms with E-state index >= 15 is 0 Å². The first-order valence-corrected chi connectivity index (χ1v) is 11.5. The van der Waals surface area contributed by atoms with E-state index < -0.39 is 21.6 Å². The highest BCUT2D eigenvalue weighted by molar-refractivity contribution is 7.89. The van der Waals surface area contributed by atoms with Gasteiger partial charge in [0.1, 0.15) is 12.2 Å². The van der Waals surface area contributed by atoms with E-state index in [1.807, 2.05) is 30.3 Å². The van der Waals surface area contributed by atoms with E-state index in [1.165, 1.54) is 32.4 Å². The molecule has 0 aliphatic carbocycles. The average molecular weight is 488 g/mol. The molecule has 0 aliphatic rings. The van der Waals surface area contributed by atoms with Crippen LogP contribution in [0.2, 0.25) is 5.02 Å². The van der Waals surface area contributed by atoms with E-state index in [4.69, 9.17) is 25.6 Å². The first-order valence-electron chi connectivity index (χ1n) is 9.66. The molecule has 10 heteroatoms. The van der Waals surface area contributed by atoms with E-state index in [2.05, 4.69) is 0 Å². The summed E-state index contributed by atoms with van der Waals surface area (Å²) < 4.78 is 36.4. The van der Waals surface area contributed by atoms with Crippen LogP contribution in [-0.4, -0.2) is 33.0 Å². The maximum atomic E-state index is 12.8. The Bertz CT molecular complexity index is 1550. The molecule has 33 heavy (non-hydrogen) atoms. The minimum absolute atomic E-state index is 0.0157. The molecule has 0 unspecified atom stereocenters. The topological polar surface area (TPSA) is 103 Å². The number of halogens is 1. The lowest BCUT2D eigenvalue weighted by Crippen LogP contribution is -2.26. The Hall–Kier alpha value is -3.24. The molecule has 8 nitrogen and oxygen atoms in total. The van der Waals surface area contributed by atoms with Gasteiger partial charge >= 0.3 is 11.6 Å². The molecular formula is C23H18ClNO7S. The van der Waals surface area contributed by atoms with Crippen LogP contribution in [0.5, 0.6) is 0 Å². The molecule has 0 radical (unpaired) electrons. The van der Waals surface area contributed by atoms with Crippen molar-refractivity contribution in [1.82, 2.24) is 4.47 Å². The van der Waals surface area contributed by atoms with E-state index in [1.54, 1.807) is 6.07 Å². The molecule has 0 spiro atoms. The molecule has 0 aliphatic heterocycles. The van der Waals surface area contributed by atoms with Crippen molar-refractivity contribution in [3.63, 3.8) is 0 Å². The summed E-state index contributed by atoms with van der Waals surface area (Å²) in [5.41, 5.74) is 0.0864. The summed E-state index contributed by atoms with van der Waals surface area (Å²) in [6.07, 6.45) is 0. The van der Waals surface area contributed by atoms with Gasteiger partial charge in [-0.3, -0.25) is 4.84 Å². The van der Waals surface area contributed by atoms with Gasteiger partial charge in [-0.05, 0) is 35.0 Å². The molecule has 1 heterocycles. The summed E-state index contributed by atoms with van der Waals surface area (Å²) >= 11 is 6.13. The van der Waals surface area contributed by atoms with Crippen LogP contribution >= 0.6 is 11.6 Å². The fraction of sp³-hybridized carbons (Fsp3) is 0.130. The first-order chi connectivity index (χ1) is 15.7. The highest BCUT2D eigenvalue weighted by atomic mass is 35.5.